The number of urea groups is 1. The molecule has 2 aliphatic heterocycles. The van der Waals surface area contributed by atoms with Crippen LogP contribution in [0, 0.1) is 11.3 Å². The van der Waals surface area contributed by atoms with Gasteiger partial charge in [-0.1, -0.05) is 27.2 Å². The first-order valence-electron chi connectivity index (χ1n) is 12.2. The molecule has 0 unspecified atom stereocenters. The predicted molar refractivity (Wildman–Crippen MR) is 130 cm³/mol. The summed E-state index contributed by atoms with van der Waals surface area (Å²) in [6.07, 6.45) is 6.51. The first-order chi connectivity index (χ1) is 15.9. The average molecular weight is 490 g/mol. The third kappa shape index (κ3) is 4.34. The number of benzene rings is 1. The number of sulfonamides is 1. The van der Waals surface area contributed by atoms with Gasteiger partial charge < -0.3 is 5.32 Å². The van der Waals surface area contributed by atoms with E-state index in [9.17, 15) is 22.8 Å². The molecule has 3 aliphatic rings. The highest BCUT2D eigenvalue weighted by Crippen LogP contribution is 2.45. The summed E-state index contributed by atoms with van der Waals surface area (Å²) < 4.78 is 25.5. The first kappa shape index (κ1) is 24.7. The molecule has 0 radical (unpaired) electrons. The number of hydrogen-bond donors (Lipinski definition) is 1. The molecule has 1 aromatic rings. The Kier molecular flexibility index (Phi) is 6.29. The summed E-state index contributed by atoms with van der Waals surface area (Å²) in [6.45, 7) is 6.79. The van der Waals surface area contributed by atoms with E-state index < -0.39 is 21.6 Å². The molecule has 8 nitrogen and oxygen atoms in total. The van der Waals surface area contributed by atoms with Gasteiger partial charge in [0.15, 0.2) is 5.78 Å². The fourth-order valence-corrected chi connectivity index (χ4v) is 6.65. The summed E-state index contributed by atoms with van der Waals surface area (Å²) in [5.41, 5.74) is 1.05. The fraction of sp³-hybridized carbons (Fsp3) is 0.640. The predicted octanol–water partition coefficient (Wildman–Crippen LogP) is 3.50. The molecule has 1 saturated heterocycles. The summed E-state index contributed by atoms with van der Waals surface area (Å²) in [6, 6.07) is 4.42. The highest BCUT2D eigenvalue weighted by molar-refractivity contribution is 7.92. The lowest BCUT2D eigenvalue weighted by Crippen LogP contribution is -2.51. The molecule has 1 aromatic carbocycles. The van der Waals surface area contributed by atoms with Gasteiger partial charge in [-0.2, -0.15) is 0 Å². The highest BCUT2D eigenvalue weighted by Gasteiger charge is 2.53. The van der Waals surface area contributed by atoms with Crippen molar-refractivity contribution >= 4 is 33.4 Å². The number of fused-ring (bicyclic) bond motifs is 1. The lowest BCUT2D eigenvalue weighted by Gasteiger charge is -2.42. The summed E-state index contributed by atoms with van der Waals surface area (Å²) >= 11 is 0. The van der Waals surface area contributed by atoms with Gasteiger partial charge in [0.1, 0.15) is 5.54 Å². The first-order valence-corrected chi connectivity index (χ1v) is 14.0. The van der Waals surface area contributed by atoms with Gasteiger partial charge in [-0.3, -0.25) is 18.8 Å². The van der Waals surface area contributed by atoms with Crippen LogP contribution >= 0.6 is 0 Å². The van der Waals surface area contributed by atoms with E-state index in [2.05, 4.69) is 26.1 Å². The molecule has 34 heavy (non-hydrogen) atoms. The molecule has 1 N–H and O–H groups in total. The van der Waals surface area contributed by atoms with Crippen LogP contribution in [-0.2, 0) is 21.2 Å². The summed E-state index contributed by atoms with van der Waals surface area (Å²) in [4.78, 5) is 40.1. The number of amides is 3. The van der Waals surface area contributed by atoms with Crippen molar-refractivity contribution in [3.8, 4) is 0 Å². The van der Waals surface area contributed by atoms with Gasteiger partial charge in [-0.25, -0.2) is 13.2 Å². The minimum atomic E-state index is -3.39. The summed E-state index contributed by atoms with van der Waals surface area (Å²) in [5, 5.41) is 2.90. The Bertz CT molecular complexity index is 1120. The van der Waals surface area contributed by atoms with E-state index in [0.717, 1.165) is 29.7 Å². The molecular formula is C25H35N3O5S. The van der Waals surface area contributed by atoms with Crippen LogP contribution < -0.4 is 9.62 Å². The molecule has 2 heterocycles. The number of Topliss-reactive ketones (excluding diaryl/α,β-unsaturated/α-hetero) is 1. The van der Waals surface area contributed by atoms with Crippen molar-refractivity contribution < 1.29 is 22.8 Å². The smallest absolute Gasteiger partial charge is 0.323 e. The Morgan fingerprint density at radius 2 is 1.88 bits per heavy atom. The Balaban J connectivity index is 1.47. The van der Waals surface area contributed by atoms with Crippen LogP contribution in [0.15, 0.2) is 18.2 Å². The zero-order valence-electron chi connectivity index (χ0n) is 20.5. The quantitative estimate of drug-likeness (QED) is 0.487. The lowest BCUT2D eigenvalue weighted by atomic mass is 9.65. The van der Waals surface area contributed by atoms with Gasteiger partial charge in [-0.15, -0.1) is 0 Å². The number of rotatable bonds is 6. The van der Waals surface area contributed by atoms with Crippen LogP contribution in [0.2, 0.25) is 0 Å². The van der Waals surface area contributed by atoms with Crippen LogP contribution in [0.3, 0.4) is 0 Å². The summed E-state index contributed by atoms with van der Waals surface area (Å²) in [5.74, 6) is -0.133. The molecule has 0 atom stereocenters. The minimum Gasteiger partial charge on any atom is -0.323 e. The maximum atomic E-state index is 13.3. The maximum Gasteiger partial charge on any atom is 0.325 e. The number of hydrogen-bond acceptors (Lipinski definition) is 5. The number of nitrogens with zero attached hydrogens (tertiary/aromatic N) is 2. The number of anilines is 1. The topological polar surface area (TPSA) is 104 Å². The molecule has 1 aliphatic carbocycles. The van der Waals surface area contributed by atoms with E-state index >= 15 is 0 Å². The Hall–Kier alpha value is -2.42. The molecule has 1 spiro atoms. The van der Waals surface area contributed by atoms with Crippen molar-refractivity contribution in [2.24, 2.45) is 11.3 Å². The van der Waals surface area contributed by atoms with Crippen LogP contribution in [0.5, 0.6) is 0 Å². The molecule has 4 rings (SSSR count). The molecule has 2 fully saturated rings. The van der Waals surface area contributed by atoms with Crippen LogP contribution in [-0.4, -0.2) is 55.9 Å². The number of nitrogens with one attached hydrogen (secondary N) is 1. The Morgan fingerprint density at radius 3 is 2.50 bits per heavy atom. The van der Waals surface area contributed by atoms with Crippen molar-refractivity contribution in [1.82, 2.24) is 10.2 Å². The van der Waals surface area contributed by atoms with E-state index in [-0.39, 0.29) is 23.7 Å². The number of ketones is 1. The molecular weight excluding hydrogens is 454 g/mol. The molecule has 9 heteroatoms. The van der Waals surface area contributed by atoms with Gasteiger partial charge in [0.2, 0.25) is 10.0 Å². The van der Waals surface area contributed by atoms with Gasteiger partial charge in [0, 0.05) is 12.1 Å². The Labute approximate surface area is 202 Å². The largest absolute Gasteiger partial charge is 0.325 e. The van der Waals surface area contributed by atoms with E-state index in [1.807, 2.05) is 0 Å². The fourth-order valence-electron chi connectivity index (χ4n) is 5.65. The van der Waals surface area contributed by atoms with E-state index in [1.165, 1.54) is 10.6 Å². The van der Waals surface area contributed by atoms with Crippen LogP contribution in [0.1, 0.15) is 75.2 Å². The molecule has 3 amide bonds. The SMILES string of the molecule is CCC(C)(C)C1CCC2(CC1)NC(=O)N(CC(=O)c1ccc3c(c1)CCCN3S(C)(=O)=O)C2=O. The second-order valence-electron chi connectivity index (χ2n) is 10.7. The van der Waals surface area contributed by atoms with E-state index in [1.54, 1.807) is 18.2 Å². The molecule has 186 valence electrons. The zero-order valence-corrected chi connectivity index (χ0v) is 21.3. The van der Waals surface area contributed by atoms with Crippen molar-refractivity contribution in [2.75, 3.05) is 23.7 Å². The number of imide groups is 1. The molecule has 0 bridgehead atoms. The monoisotopic (exact) mass is 489 g/mol. The van der Waals surface area contributed by atoms with Crippen molar-refractivity contribution in [2.45, 2.75) is 71.3 Å². The number of aryl methyl sites for hydroxylation is 1. The van der Waals surface area contributed by atoms with Crippen LogP contribution in [0.25, 0.3) is 0 Å². The van der Waals surface area contributed by atoms with Gasteiger partial charge >= 0.3 is 6.03 Å². The molecule has 1 saturated carbocycles. The van der Waals surface area contributed by atoms with Gasteiger partial charge in [-0.05, 0) is 73.6 Å². The van der Waals surface area contributed by atoms with Crippen molar-refractivity contribution in [3.63, 3.8) is 0 Å². The molecule has 0 aromatic heterocycles. The van der Waals surface area contributed by atoms with Crippen molar-refractivity contribution in [1.29, 1.82) is 0 Å². The summed E-state index contributed by atoms with van der Waals surface area (Å²) in [7, 11) is -3.39. The van der Waals surface area contributed by atoms with Gasteiger partial charge in [0.25, 0.3) is 5.91 Å². The standard InChI is InChI=1S/C25H35N3O5S/c1-5-24(2,3)19-10-12-25(13-11-19)22(30)27(23(31)26-25)16-21(29)18-8-9-20-17(15-18)7-6-14-28(20)34(4,32)33/h8-9,15,19H,5-7,10-14,16H2,1-4H3,(H,26,31). The third-order valence-corrected chi connectivity index (χ3v) is 9.46. The van der Waals surface area contributed by atoms with Gasteiger partial charge in [0.05, 0.1) is 18.5 Å². The average Bonchev–Trinajstić information content (AvgIpc) is 3.01. The van der Waals surface area contributed by atoms with E-state index in [0.29, 0.717) is 49.4 Å². The number of carbonyl (C=O) groups excluding carboxylic acids is 3. The highest BCUT2D eigenvalue weighted by atomic mass is 32.2. The number of carbonyl (C=O) groups is 3. The third-order valence-electron chi connectivity index (χ3n) is 8.28. The lowest BCUT2D eigenvalue weighted by molar-refractivity contribution is -0.132. The van der Waals surface area contributed by atoms with Crippen molar-refractivity contribution in [3.05, 3.63) is 29.3 Å². The minimum absolute atomic E-state index is 0.196. The second kappa shape index (κ2) is 8.66. The second-order valence-corrected chi connectivity index (χ2v) is 12.6. The normalized spacial score (nSPS) is 25.5. The van der Waals surface area contributed by atoms with Crippen LogP contribution in [0.4, 0.5) is 10.5 Å². The van der Waals surface area contributed by atoms with E-state index in [4.69, 9.17) is 0 Å². The zero-order chi connectivity index (χ0) is 24.9. The maximum absolute atomic E-state index is 13.3. The Morgan fingerprint density at radius 1 is 1.21 bits per heavy atom.